The number of carbonyl (C=O) groups excluding carboxylic acids is 2. The van der Waals surface area contributed by atoms with Crippen molar-refractivity contribution in [3.63, 3.8) is 0 Å². The molecule has 2 amide bonds. The number of nitrogens with zero attached hydrogens (tertiary/aromatic N) is 4. The maximum atomic E-state index is 12.9. The highest BCUT2D eigenvalue weighted by Crippen LogP contribution is 2.29. The van der Waals surface area contributed by atoms with Crippen LogP contribution in [0.4, 0.5) is 5.13 Å². The van der Waals surface area contributed by atoms with Crippen molar-refractivity contribution < 1.29 is 14.1 Å². The molecule has 2 N–H and O–H groups in total. The van der Waals surface area contributed by atoms with E-state index in [1.54, 1.807) is 30.3 Å². The molecule has 0 spiro atoms. The van der Waals surface area contributed by atoms with E-state index in [-0.39, 0.29) is 17.5 Å². The van der Waals surface area contributed by atoms with Crippen molar-refractivity contribution >= 4 is 39.3 Å². The molecule has 29 heavy (non-hydrogen) atoms. The van der Waals surface area contributed by atoms with Crippen LogP contribution in [0.1, 0.15) is 37.2 Å². The minimum absolute atomic E-state index is 0.0378. The van der Waals surface area contributed by atoms with Gasteiger partial charge in [-0.1, -0.05) is 16.5 Å². The summed E-state index contributed by atoms with van der Waals surface area (Å²) in [6.45, 7) is 2.76. The number of H-pyrrole nitrogens is 1. The number of aromatic nitrogens is 4. The predicted octanol–water partition coefficient (Wildman–Crippen LogP) is 2.77. The summed E-state index contributed by atoms with van der Waals surface area (Å²) in [5.74, 6) is 0.161. The Kier molecular flexibility index (Phi) is 4.13. The number of hydrogen-bond acceptors (Lipinski definition) is 7. The van der Waals surface area contributed by atoms with E-state index in [9.17, 15) is 9.59 Å². The van der Waals surface area contributed by atoms with Crippen molar-refractivity contribution in [3.05, 3.63) is 58.2 Å². The fraction of sp³-hybridized carbons (Fsp3) is 0.211. The monoisotopic (exact) mass is 408 g/mol. The molecule has 0 aliphatic carbocycles. The molecule has 146 valence electrons. The van der Waals surface area contributed by atoms with Crippen LogP contribution >= 0.6 is 11.3 Å². The number of fused-ring (bicyclic) bond motifs is 2. The Labute approximate surface area is 168 Å². The summed E-state index contributed by atoms with van der Waals surface area (Å²) in [5, 5.41) is 6.96. The molecular weight excluding hydrogens is 392 g/mol. The molecule has 0 radical (unpaired) electrons. The first-order valence-corrected chi connectivity index (χ1v) is 9.84. The van der Waals surface area contributed by atoms with Crippen molar-refractivity contribution in [2.24, 2.45) is 0 Å². The van der Waals surface area contributed by atoms with Gasteiger partial charge in [-0.3, -0.25) is 14.9 Å². The molecular formula is C19H16N6O3S. The van der Waals surface area contributed by atoms with Crippen LogP contribution in [0.2, 0.25) is 0 Å². The van der Waals surface area contributed by atoms with Crippen LogP contribution in [-0.4, -0.2) is 43.4 Å². The number of hydrogen-bond donors (Lipinski definition) is 2. The molecule has 0 saturated carbocycles. The van der Waals surface area contributed by atoms with E-state index in [0.29, 0.717) is 36.0 Å². The van der Waals surface area contributed by atoms with Crippen molar-refractivity contribution in [1.82, 2.24) is 25.0 Å². The number of amides is 2. The molecule has 1 aromatic carbocycles. The van der Waals surface area contributed by atoms with Crippen LogP contribution in [0.3, 0.4) is 0 Å². The van der Waals surface area contributed by atoms with Crippen molar-refractivity contribution in [2.75, 3.05) is 11.9 Å². The molecule has 4 aromatic rings. The number of nitrogens with one attached hydrogen (secondary N) is 2. The van der Waals surface area contributed by atoms with Crippen LogP contribution < -0.4 is 5.32 Å². The Morgan fingerprint density at radius 2 is 2.21 bits per heavy atom. The van der Waals surface area contributed by atoms with Crippen molar-refractivity contribution in [2.45, 2.75) is 19.9 Å². The average Bonchev–Trinajstić information content (AvgIpc) is 3.44. The molecule has 10 heteroatoms. The first-order chi connectivity index (χ1) is 14.1. The third kappa shape index (κ3) is 3.27. The number of thiazole rings is 1. The van der Waals surface area contributed by atoms with Gasteiger partial charge in [0, 0.05) is 29.5 Å². The topological polar surface area (TPSA) is 117 Å². The Morgan fingerprint density at radius 3 is 3.03 bits per heavy atom. The molecule has 0 fully saturated rings. The number of benzene rings is 1. The lowest BCUT2D eigenvalue weighted by Gasteiger charge is -2.26. The average molecular weight is 408 g/mol. The van der Waals surface area contributed by atoms with E-state index in [1.807, 2.05) is 12.1 Å². The molecule has 3 aromatic heterocycles. The minimum atomic E-state index is -0.367. The predicted molar refractivity (Wildman–Crippen MR) is 106 cm³/mol. The highest BCUT2D eigenvalue weighted by atomic mass is 32.1. The van der Waals surface area contributed by atoms with Gasteiger partial charge in [0.25, 0.3) is 11.8 Å². The number of carbonyl (C=O) groups is 2. The van der Waals surface area contributed by atoms with Gasteiger partial charge in [0.2, 0.25) is 0 Å². The molecule has 0 atom stereocenters. The summed E-state index contributed by atoms with van der Waals surface area (Å²) in [7, 11) is 0. The summed E-state index contributed by atoms with van der Waals surface area (Å²) in [6, 6.07) is 7.01. The van der Waals surface area contributed by atoms with Crippen LogP contribution in [0.25, 0.3) is 11.0 Å². The maximum absolute atomic E-state index is 12.9. The van der Waals surface area contributed by atoms with Gasteiger partial charge in [0.1, 0.15) is 5.76 Å². The van der Waals surface area contributed by atoms with E-state index in [4.69, 9.17) is 4.52 Å². The molecule has 5 rings (SSSR count). The van der Waals surface area contributed by atoms with Gasteiger partial charge >= 0.3 is 0 Å². The van der Waals surface area contributed by atoms with Gasteiger partial charge < -0.3 is 14.4 Å². The summed E-state index contributed by atoms with van der Waals surface area (Å²) >= 11 is 1.37. The van der Waals surface area contributed by atoms with Crippen molar-refractivity contribution in [1.29, 1.82) is 0 Å². The number of rotatable bonds is 3. The van der Waals surface area contributed by atoms with Gasteiger partial charge in [-0.25, -0.2) is 9.97 Å². The van der Waals surface area contributed by atoms with E-state index in [1.165, 1.54) is 11.3 Å². The SMILES string of the molecule is Cc1cc(C(=O)Nc2nc3c(s2)CN(C(=O)c2ccc4nc[nH]c4c2)CC3)no1. The summed E-state index contributed by atoms with van der Waals surface area (Å²) in [6.07, 6.45) is 2.25. The second-order valence-electron chi connectivity index (χ2n) is 6.78. The first-order valence-electron chi connectivity index (χ1n) is 9.02. The quantitative estimate of drug-likeness (QED) is 0.538. The lowest BCUT2D eigenvalue weighted by Crippen LogP contribution is -2.35. The molecule has 1 aliphatic rings. The lowest BCUT2D eigenvalue weighted by molar-refractivity contribution is 0.0736. The molecule has 4 heterocycles. The zero-order chi connectivity index (χ0) is 20.0. The number of imidazole rings is 1. The van der Waals surface area contributed by atoms with Crippen LogP contribution in [-0.2, 0) is 13.0 Å². The Hall–Kier alpha value is -3.53. The first kappa shape index (κ1) is 17.6. The second-order valence-corrected chi connectivity index (χ2v) is 7.86. The van der Waals surface area contributed by atoms with Crippen LogP contribution in [0, 0.1) is 6.92 Å². The third-order valence-electron chi connectivity index (χ3n) is 4.77. The highest BCUT2D eigenvalue weighted by molar-refractivity contribution is 7.15. The smallest absolute Gasteiger partial charge is 0.279 e. The van der Waals surface area contributed by atoms with Gasteiger partial charge in [-0.05, 0) is 25.1 Å². The number of aryl methyl sites for hydroxylation is 1. The van der Waals surface area contributed by atoms with E-state index in [0.717, 1.165) is 21.6 Å². The van der Waals surface area contributed by atoms with Crippen LogP contribution in [0.15, 0.2) is 35.1 Å². The van der Waals surface area contributed by atoms with Gasteiger partial charge in [-0.15, -0.1) is 0 Å². The summed E-state index contributed by atoms with van der Waals surface area (Å²) in [4.78, 5) is 39.7. The fourth-order valence-corrected chi connectivity index (χ4v) is 4.33. The maximum Gasteiger partial charge on any atom is 0.279 e. The van der Waals surface area contributed by atoms with E-state index < -0.39 is 0 Å². The lowest BCUT2D eigenvalue weighted by atomic mass is 10.1. The van der Waals surface area contributed by atoms with Gasteiger partial charge in [-0.2, -0.15) is 0 Å². The largest absolute Gasteiger partial charge is 0.361 e. The standard InChI is InChI=1S/C19H16N6O3S/c1-10-6-15(24-28-10)17(26)23-19-22-13-4-5-25(8-16(13)29-19)18(27)11-2-3-12-14(7-11)21-9-20-12/h2-3,6-7,9H,4-5,8H2,1H3,(H,20,21)(H,22,23,26). The molecule has 0 unspecified atom stereocenters. The number of aromatic amines is 1. The third-order valence-corrected chi connectivity index (χ3v) is 5.76. The van der Waals surface area contributed by atoms with Crippen molar-refractivity contribution in [3.8, 4) is 0 Å². The Morgan fingerprint density at radius 1 is 1.31 bits per heavy atom. The van der Waals surface area contributed by atoms with Crippen LogP contribution in [0.5, 0.6) is 0 Å². The molecule has 0 bridgehead atoms. The minimum Gasteiger partial charge on any atom is -0.361 e. The molecule has 1 aliphatic heterocycles. The molecule has 9 nitrogen and oxygen atoms in total. The van der Waals surface area contributed by atoms with Gasteiger partial charge in [0.05, 0.1) is 29.6 Å². The zero-order valence-corrected chi connectivity index (χ0v) is 16.2. The number of anilines is 1. The van der Waals surface area contributed by atoms with Gasteiger partial charge in [0.15, 0.2) is 10.8 Å². The highest BCUT2D eigenvalue weighted by Gasteiger charge is 2.26. The van der Waals surface area contributed by atoms with E-state index in [2.05, 4.69) is 25.4 Å². The normalized spacial score (nSPS) is 13.5. The van der Waals surface area contributed by atoms with E-state index >= 15 is 0 Å². The summed E-state index contributed by atoms with van der Waals surface area (Å²) < 4.78 is 4.93. The Balaban J connectivity index is 1.31. The molecule has 0 saturated heterocycles. The Bertz CT molecular complexity index is 1240. The fourth-order valence-electron chi connectivity index (χ4n) is 3.31. The second kappa shape index (κ2) is 6.82. The zero-order valence-electron chi connectivity index (χ0n) is 15.4. The summed E-state index contributed by atoms with van der Waals surface area (Å²) in [5.41, 5.74) is 3.40.